The second kappa shape index (κ2) is 8.27. The van der Waals surface area contributed by atoms with Crippen molar-refractivity contribution in [3.63, 3.8) is 0 Å². The van der Waals surface area contributed by atoms with Crippen LogP contribution < -0.4 is 4.74 Å². The lowest BCUT2D eigenvalue weighted by Gasteiger charge is -2.32. The highest BCUT2D eigenvalue weighted by Crippen LogP contribution is 2.26. The number of ketones is 1. The van der Waals surface area contributed by atoms with Gasteiger partial charge in [-0.25, -0.2) is 14.2 Å². The number of hydrogen-bond donors (Lipinski definition) is 0. The molecule has 0 saturated carbocycles. The zero-order valence-electron chi connectivity index (χ0n) is 15.0. The van der Waals surface area contributed by atoms with Crippen LogP contribution in [0.15, 0.2) is 18.3 Å². The summed E-state index contributed by atoms with van der Waals surface area (Å²) in [6.07, 6.45) is 2.24. The van der Waals surface area contributed by atoms with E-state index in [-0.39, 0.29) is 30.1 Å². The van der Waals surface area contributed by atoms with E-state index in [1.165, 1.54) is 6.20 Å². The highest BCUT2D eigenvalue weighted by molar-refractivity contribution is 5.98. The van der Waals surface area contributed by atoms with E-state index in [2.05, 4.69) is 4.98 Å². The summed E-state index contributed by atoms with van der Waals surface area (Å²) in [4.78, 5) is 30.5. The number of pyridine rings is 1. The van der Waals surface area contributed by atoms with Crippen molar-refractivity contribution in [1.82, 2.24) is 9.88 Å². The van der Waals surface area contributed by atoms with E-state index in [0.717, 1.165) is 0 Å². The van der Waals surface area contributed by atoms with Crippen molar-refractivity contribution in [3.05, 3.63) is 24.0 Å². The second-order valence-corrected chi connectivity index (χ2v) is 6.99. The lowest BCUT2D eigenvalue weighted by Crippen LogP contribution is -2.43. The molecule has 1 fully saturated rings. The minimum atomic E-state index is -0.628. The predicted octanol–water partition coefficient (Wildman–Crippen LogP) is 3.26. The maximum absolute atomic E-state index is 12.7. The number of ether oxygens (including phenoxy) is 2. The quantitative estimate of drug-likeness (QED) is 0.761. The minimum absolute atomic E-state index is 0.108. The summed E-state index contributed by atoms with van der Waals surface area (Å²) in [5, 5.41) is 0. The average Bonchev–Trinajstić information content (AvgIpc) is 2.58. The van der Waals surface area contributed by atoms with Crippen molar-refractivity contribution < 1.29 is 23.5 Å². The lowest BCUT2D eigenvalue weighted by atomic mass is 9.90. The van der Waals surface area contributed by atoms with Gasteiger partial charge in [-0.1, -0.05) is 0 Å². The lowest BCUT2D eigenvalue weighted by molar-refractivity contribution is 0.0182. The molecule has 0 aromatic carbocycles. The monoisotopic (exact) mass is 352 g/mol. The molecule has 2 rings (SSSR count). The van der Waals surface area contributed by atoms with Crippen LogP contribution >= 0.6 is 0 Å². The van der Waals surface area contributed by atoms with E-state index in [0.29, 0.717) is 31.7 Å². The second-order valence-electron chi connectivity index (χ2n) is 6.99. The van der Waals surface area contributed by atoms with Gasteiger partial charge in [0.1, 0.15) is 30.3 Å². The van der Waals surface area contributed by atoms with Gasteiger partial charge >= 0.3 is 6.09 Å². The maximum Gasteiger partial charge on any atom is 0.410 e. The third kappa shape index (κ3) is 5.41. The number of alkyl halides is 1. The van der Waals surface area contributed by atoms with Crippen molar-refractivity contribution in [2.75, 3.05) is 26.4 Å². The molecule has 0 bridgehead atoms. The van der Waals surface area contributed by atoms with Gasteiger partial charge in [0.25, 0.3) is 0 Å². The average molecular weight is 352 g/mol. The van der Waals surface area contributed by atoms with E-state index in [4.69, 9.17) is 9.47 Å². The van der Waals surface area contributed by atoms with Crippen LogP contribution in [0.25, 0.3) is 0 Å². The third-order valence-corrected chi connectivity index (χ3v) is 3.86. The molecule has 1 aromatic rings. The van der Waals surface area contributed by atoms with Crippen molar-refractivity contribution in [2.45, 2.75) is 39.2 Å². The molecular weight excluding hydrogens is 327 g/mol. The van der Waals surface area contributed by atoms with Gasteiger partial charge in [0.2, 0.25) is 0 Å². The Morgan fingerprint density at radius 1 is 1.32 bits per heavy atom. The van der Waals surface area contributed by atoms with Crippen molar-refractivity contribution in [1.29, 1.82) is 0 Å². The zero-order chi connectivity index (χ0) is 18.4. The molecule has 2 heterocycles. The third-order valence-electron chi connectivity index (χ3n) is 3.86. The highest BCUT2D eigenvalue weighted by atomic mass is 19.1. The molecule has 7 heteroatoms. The molecule has 138 valence electrons. The normalized spacial score (nSPS) is 15.8. The van der Waals surface area contributed by atoms with E-state index < -0.39 is 12.3 Å². The van der Waals surface area contributed by atoms with Gasteiger partial charge in [-0.2, -0.15) is 0 Å². The fourth-order valence-electron chi connectivity index (χ4n) is 2.68. The van der Waals surface area contributed by atoms with Gasteiger partial charge in [0.15, 0.2) is 5.78 Å². The van der Waals surface area contributed by atoms with E-state index in [9.17, 15) is 14.0 Å². The van der Waals surface area contributed by atoms with Gasteiger partial charge < -0.3 is 14.4 Å². The number of hydrogen-bond acceptors (Lipinski definition) is 5. The van der Waals surface area contributed by atoms with Gasteiger partial charge in [-0.15, -0.1) is 0 Å². The summed E-state index contributed by atoms with van der Waals surface area (Å²) >= 11 is 0. The van der Waals surface area contributed by atoms with Crippen LogP contribution in [0.2, 0.25) is 0 Å². The topological polar surface area (TPSA) is 68.7 Å². The largest absolute Gasteiger partial charge is 0.488 e. The predicted molar refractivity (Wildman–Crippen MR) is 90.6 cm³/mol. The molecule has 0 spiro atoms. The van der Waals surface area contributed by atoms with Crippen LogP contribution in [0.5, 0.6) is 5.75 Å². The molecule has 25 heavy (non-hydrogen) atoms. The number of aromatic nitrogens is 1. The molecule has 0 atom stereocenters. The number of Topliss-reactive ketones (excluding diaryl/α,β-unsaturated/α-hetero) is 1. The van der Waals surface area contributed by atoms with E-state index in [1.54, 1.807) is 17.0 Å². The fraction of sp³-hybridized carbons (Fsp3) is 0.611. The van der Waals surface area contributed by atoms with Gasteiger partial charge in [0, 0.05) is 25.2 Å². The summed E-state index contributed by atoms with van der Waals surface area (Å²) in [5.74, 6) is -0.0562. The number of amides is 1. The Morgan fingerprint density at radius 2 is 2.00 bits per heavy atom. The first-order valence-corrected chi connectivity index (χ1v) is 8.47. The number of likely N-dealkylation sites (tertiary alicyclic amines) is 1. The Bertz CT molecular complexity index is 607. The van der Waals surface area contributed by atoms with Gasteiger partial charge in [-0.05, 0) is 45.7 Å². The molecular formula is C18H25FN2O4. The summed E-state index contributed by atoms with van der Waals surface area (Å²) in [5.41, 5.74) is -0.313. The Balaban J connectivity index is 1.97. The molecule has 0 N–H and O–H groups in total. The standard InChI is InChI=1S/C18H25FN2O4/c1-18(2,3)25-17(23)21-10-6-13(7-11-21)16(22)15-14(24-12-8-19)5-4-9-20-15/h4-5,9,13H,6-8,10-12H2,1-3H3. The summed E-state index contributed by atoms with van der Waals surface area (Å²) in [6, 6.07) is 3.27. The summed E-state index contributed by atoms with van der Waals surface area (Å²) < 4.78 is 22.9. The smallest absolute Gasteiger partial charge is 0.410 e. The number of carbonyl (C=O) groups excluding carboxylic acids is 2. The molecule has 1 amide bonds. The maximum atomic E-state index is 12.7. The van der Waals surface area contributed by atoms with Crippen molar-refractivity contribution in [2.24, 2.45) is 5.92 Å². The first-order chi connectivity index (χ1) is 11.8. The molecule has 1 saturated heterocycles. The van der Waals surface area contributed by atoms with Crippen LogP contribution in [-0.4, -0.2) is 53.7 Å². The molecule has 1 aliphatic heterocycles. The van der Waals surface area contributed by atoms with Crippen molar-refractivity contribution >= 4 is 11.9 Å². The van der Waals surface area contributed by atoms with Gasteiger partial charge in [-0.3, -0.25) is 4.79 Å². The van der Waals surface area contributed by atoms with Crippen LogP contribution in [0.3, 0.4) is 0 Å². The SMILES string of the molecule is CC(C)(C)OC(=O)N1CCC(C(=O)c2ncccc2OCCF)CC1. The number of halogens is 1. The fourth-order valence-corrected chi connectivity index (χ4v) is 2.68. The zero-order valence-corrected chi connectivity index (χ0v) is 15.0. The number of rotatable bonds is 5. The Morgan fingerprint density at radius 3 is 2.60 bits per heavy atom. The van der Waals surface area contributed by atoms with E-state index in [1.807, 2.05) is 20.8 Å². The molecule has 0 aliphatic carbocycles. The van der Waals surface area contributed by atoms with Crippen LogP contribution in [-0.2, 0) is 4.74 Å². The van der Waals surface area contributed by atoms with Crippen LogP contribution in [0.4, 0.5) is 9.18 Å². The molecule has 0 radical (unpaired) electrons. The number of nitrogens with zero attached hydrogens (tertiary/aromatic N) is 2. The first kappa shape index (κ1) is 19.1. The Labute approximate surface area is 147 Å². The molecule has 1 aliphatic rings. The molecule has 6 nitrogen and oxygen atoms in total. The summed E-state index contributed by atoms with van der Waals surface area (Å²) in [6.45, 7) is 5.64. The number of piperidine rings is 1. The number of carbonyl (C=O) groups is 2. The van der Waals surface area contributed by atoms with Crippen molar-refractivity contribution in [3.8, 4) is 5.75 Å². The Kier molecular flexibility index (Phi) is 6.33. The van der Waals surface area contributed by atoms with Crippen LogP contribution in [0, 0.1) is 5.92 Å². The van der Waals surface area contributed by atoms with Crippen LogP contribution in [0.1, 0.15) is 44.1 Å². The Hall–Kier alpha value is -2.18. The summed E-state index contributed by atoms with van der Waals surface area (Å²) in [7, 11) is 0. The minimum Gasteiger partial charge on any atom is -0.488 e. The highest BCUT2D eigenvalue weighted by Gasteiger charge is 2.31. The molecule has 0 unspecified atom stereocenters. The van der Waals surface area contributed by atoms with E-state index >= 15 is 0 Å². The first-order valence-electron chi connectivity index (χ1n) is 8.47. The van der Waals surface area contributed by atoms with Gasteiger partial charge in [0.05, 0.1) is 0 Å². The molecule has 1 aromatic heterocycles.